The fourth-order valence-electron chi connectivity index (χ4n) is 0. The predicted octanol–water partition coefficient (Wildman–Crippen LogP) is -7.34. The van der Waals surface area contributed by atoms with Gasteiger partial charge in [0.05, 0.1) is 0 Å². The molecule has 0 aromatic rings. The Bertz CT molecular complexity index is 116. The van der Waals surface area contributed by atoms with E-state index < -0.39 is 18.5 Å². The number of carboxylic acid groups (broad SMARTS) is 6. The van der Waals surface area contributed by atoms with Gasteiger partial charge in [0.25, 0.3) is 0 Å². The molecule has 0 unspecified atom stereocenters. The second-order valence-corrected chi connectivity index (χ2v) is 0.750. The van der Waals surface area contributed by atoms with E-state index in [1.807, 2.05) is 0 Å². The Morgan fingerprint density at radius 2 is 0.500 bits per heavy atom. The van der Waals surface area contributed by atoms with E-state index in [1.165, 1.54) is 0 Å². The maximum Gasteiger partial charge on any atom is 0 e. The summed E-state index contributed by atoms with van der Waals surface area (Å²) in [4.78, 5) is 25.0. The summed E-state index contributed by atoms with van der Waals surface area (Å²) in [6, 6.07) is 0. The van der Waals surface area contributed by atoms with Gasteiger partial charge in [0.2, 0.25) is 0 Å². The van der Waals surface area contributed by atoms with Crippen molar-refractivity contribution in [3.63, 3.8) is 0 Å². The first kappa shape index (κ1) is 29.3. The fourth-order valence-corrected chi connectivity index (χ4v) is 0. The Morgan fingerprint density at radius 3 is 0.500 bits per heavy atom. The molecule has 0 aliphatic rings. The summed E-state index contributed by atoms with van der Waals surface area (Å²) in [7, 11) is 0. The molecule has 0 aromatic heterocycles. The topological polar surface area (TPSA) is 190 Å². The van der Waals surface area contributed by atoms with Crippen LogP contribution in [0, 0.1) is 80.8 Å². The van der Waals surface area contributed by atoms with Crippen molar-refractivity contribution in [2.75, 3.05) is 0 Å². The molecule has 0 radical (unpaired) electrons. The second-order valence-electron chi connectivity index (χ2n) is 0.750. The van der Waals surface area contributed by atoms with E-state index in [-0.39, 0.29) is 80.8 Å². The van der Waals surface area contributed by atoms with Gasteiger partial charge in [0.1, 0.15) is 0 Å². The van der Waals surface area contributed by atoms with Crippen LogP contribution in [0.4, 0.5) is 14.4 Å². The molecule has 0 aliphatic carbocycles. The smallest absolute Gasteiger partial charge is 0 e. The normalized spacial score (nSPS) is 5.14. The van der Waals surface area contributed by atoms with Gasteiger partial charge in [-0.2, -0.15) is 0 Å². The molecule has 0 amide bonds. The Labute approximate surface area is 142 Å². The minimum atomic E-state index is -2.33. The van der Waals surface area contributed by atoms with E-state index in [9.17, 15) is 0 Å². The summed E-state index contributed by atoms with van der Waals surface area (Å²) in [5, 5.41) is 50.0. The van der Waals surface area contributed by atoms with Crippen LogP contribution in [0.15, 0.2) is 0 Å². The molecule has 0 aliphatic heterocycles. The summed E-state index contributed by atoms with van der Waals surface area (Å²) in [5.74, 6) is 0. The van der Waals surface area contributed by atoms with E-state index in [0.29, 0.717) is 0 Å². The Balaban J connectivity index is -0.0000000270. The molecule has 14 heavy (non-hydrogen) atoms. The maximum atomic E-state index is 8.33. The molecule has 0 aromatic carbocycles. The van der Waals surface area contributed by atoms with Crippen LogP contribution < -0.4 is 30.6 Å². The van der Waals surface area contributed by atoms with Gasteiger partial charge >= 0.3 is 0 Å². The molecule has 0 saturated heterocycles. The van der Waals surface area contributed by atoms with Gasteiger partial charge in [0, 0.05) is 80.8 Å². The second kappa shape index (κ2) is 23.4. The van der Waals surface area contributed by atoms with Crippen LogP contribution in [-0.2, 0) is 0 Å². The van der Waals surface area contributed by atoms with E-state index >= 15 is 0 Å². The standard InChI is InChI=1S/3CH2O3.2Sm/c3*2-1(3)4;;/h3*(H2,2,3,4);;/p-6. The molecule has 0 rings (SSSR count). The van der Waals surface area contributed by atoms with Gasteiger partial charge in [-0.3, -0.25) is 0 Å². The molecule has 0 spiro atoms. The molecule has 0 N–H and O–H groups in total. The number of carbonyl (C=O) groups is 3. The third-order valence-electron chi connectivity index (χ3n) is 0. The molecule has 0 bridgehead atoms. The van der Waals surface area contributed by atoms with Gasteiger partial charge in [-0.15, -0.1) is 0 Å². The monoisotopic (exact) mass is 484 g/mol. The minimum absolute atomic E-state index is 0. The summed E-state index contributed by atoms with van der Waals surface area (Å²) in [5.41, 5.74) is 0. The summed E-state index contributed by atoms with van der Waals surface area (Å²) >= 11 is 0. The zero-order valence-corrected chi connectivity index (χ0v) is 11.2. The number of carbonyl (C=O) groups excluding carboxylic acids is 3. The van der Waals surface area contributed by atoms with Crippen LogP contribution in [0.1, 0.15) is 0 Å². The molecule has 9 nitrogen and oxygen atoms in total. The van der Waals surface area contributed by atoms with Crippen molar-refractivity contribution in [3.8, 4) is 0 Å². The van der Waals surface area contributed by atoms with Gasteiger partial charge in [0.15, 0.2) is 0 Å². The van der Waals surface area contributed by atoms with Crippen molar-refractivity contribution in [2.45, 2.75) is 0 Å². The molecule has 0 atom stereocenters. The Hall–Kier alpha value is 0.485. The molecule has 0 heterocycles. The van der Waals surface area contributed by atoms with E-state index in [2.05, 4.69) is 0 Å². The summed E-state index contributed by atoms with van der Waals surface area (Å²) in [6.07, 6.45) is -7.00. The van der Waals surface area contributed by atoms with E-state index in [0.717, 1.165) is 0 Å². The SMILES string of the molecule is O=C([O-])[O-].O=C([O-])[O-].O=C([O-])[O-].[Sm].[Sm]. The van der Waals surface area contributed by atoms with Crippen LogP contribution in [0.5, 0.6) is 0 Å². The van der Waals surface area contributed by atoms with Crippen LogP contribution in [0.3, 0.4) is 0 Å². The molecule has 84 valence electrons. The zero-order chi connectivity index (χ0) is 10.7. The molecular formula is C3O9Sm2-6. The van der Waals surface area contributed by atoms with Crippen LogP contribution in [0.25, 0.3) is 0 Å². The number of rotatable bonds is 0. The molecular weight excluding hydrogens is 481 g/mol. The molecule has 11 heteroatoms. The zero-order valence-electron chi connectivity index (χ0n) is 5.99. The first-order valence-electron chi connectivity index (χ1n) is 1.84. The van der Waals surface area contributed by atoms with Crippen molar-refractivity contribution in [2.24, 2.45) is 0 Å². The third kappa shape index (κ3) is 6990. The third-order valence-corrected chi connectivity index (χ3v) is 0. The largest absolute Gasteiger partial charge is 0.652 e. The van der Waals surface area contributed by atoms with Crippen LogP contribution >= 0.6 is 0 Å². The van der Waals surface area contributed by atoms with Crippen LogP contribution in [-0.4, -0.2) is 18.5 Å². The van der Waals surface area contributed by atoms with Crippen molar-refractivity contribution < 1.29 is 126 Å². The van der Waals surface area contributed by atoms with Crippen molar-refractivity contribution in [3.05, 3.63) is 0 Å². The Kier molecular flexibility index (Phi) is 48.9. The van der Waals surface area contributed by atoms with Crippen molar-refractivity contribution >= 4 is 18.5 Å². The van der Waals surface area contributed by atoms with E-state index in [4.69, 9.17) is 45.0 Å². The fraction of sp³-hybridized carbons (Fsp3) is 0. The minimum Gasteiger partial charge on any atom is -0.652 e. The number of hydrogen-bond acceptors (Lipinski definition) is 9. The van der Waals surface area contributed by atoms with Gasteiger partial charge in [-0.1, -0.05) is 0 Å². The van der Waals surface area contributed by atoms with E-state index in [1.54, 1.807) is 0 Å². The average Bonchev–Trinajstić information content (AvgIpc) is 1.54. The van der Waals surface area contributed by atoms with Gasteiger partial charge < -0.3 is 45.0 Å². The predicted molar refractivity (Wildman–Crippen MR) is 16.2 cm³/mol. The average molecular weight is 481 g/mol. The van der Waals surface area contributed by atoms with Gasteiger partial charge in [-0.25, -0.2) is 0 Å². The van der Waals surface area contributed by atoms with Gasteiger partial charge in [-0.05, 0) is 18.5 Å². The molecule has 0 fully saturated rings. The van der Waals surface area contributed by atoms with Crippen LogP contribution in [0.2, 0.25) is 0 Å². The first-order chi connectivity index (χ1) is 5.20. The van der Waals surface area contributed by atoms with Crippen molar-refractivity contribution in [1.29, 1.82) is 0 Å². The first-order valence-corrected chi connectivity index (χ1v) is 1.84. The van der Waals surface area contributed by atoms with Crippen molar-refractivity contribution in [1.82, 2.24) is 0 Å². The number of hydrogen-bond donors (Lipinski definition) is 0. The summed E-state index contributed by atoms with van der Waals surface area (Å²) in [6.45, 7) is 0. The Morgan fingerprint density at radius 1 is 0.500 bits per heavy atom. The molecule has 0 saturated carbocycles. The quantitative estimate of drug-likeness (QED) is 0.324. The maximum absolute atomic E-state index is 8.33. The summed E-state index contributed by atoms with van der Waals surface area (Å²) < 4.78 is 0.